The normalized spacial score (nSPS) is 10.7. The van der Waals surface area contributed by atoms with Crippen molar-refractivity contribution in [1.29, 1.82) is 0 Å². The van der Waals surface area contributed by atoms with E-state index in [-0.39, 0.29) is 5.91 Å². The van der Waals surface area contributed by atoms with Gasteiger partial charge in [0, 0.05) is 17.1 Å². The van der Waals surface area contributed by atoms with Gasteiger partial charge in [0.05, 0.1) is 17.6 Å². The lowest BCUT2D eigenvalue weighted by atomic mass is 10.1. The maximum Gasteiger partial charge on any atom is 0.312 e. The number of fused-ring (bicyclic) bond motifs is 1. The van der Waals surface area contributed by atoms with E-state index in [9.17, 15) is 9.59 Å². The highest BCUT2D eigenvalue weighted by Gasteiger charge is 2.15. The van der Waals surface area contributed by atoms with Crippen LogP contribution in [0.4, 0.5) is 10.7 Å². The van der Waals surface area contributed by atoms with Crippen molar-refractivity contribution in [2.24, 2.45) is 5.73 Å². The van der Waals surface area contributed by atoms with Crippen molar-refractivity contribution < 1.29 is 9.59 Å². The maximum absolute atomic E-state index is 12.9. The van der Waals surface area contributed by atoms with Gasteiger partial charge in [-0.25, -0.2) is 9.78 Å². The van der Waals surface area contributed by atoms with Gasteiger partial charge < -0.3 is 15.6 Å². The number of nitrogens with zero attached hydrogens (tertiary/aromatic N) is 2. The van der Waals surface area contributed by atoms with Gasteiger partial charge in [0.15, 0.2) is 0 Å². The van der Waals surface area contributed by atoms with Crippen molar-refractivity contribution in [3.63, 3.8) is 0 Å². The van der Waals surface area contributed by atoms with Crippen LogP contribution in [0, 0.1) is 0 Å². The second-order valence-corrected chi connectivity index (χ2v) is 7.45. The van der Waals surface area contributed by atoms with Gasteiger partial charge in [-0.2, -0.15) is 0 Å². The summed E-state index contributed by atoms with van der Waals surface area (Å²) in [6.45, 7) is 0.829. The molecule has 156 valence electrons. The molecule has 1 heterocycles. The third-order valence-electron chi connectivity index (χ3n) is 4.80. The minimum absolute atomic E-state index is 0.287. The van der Waals surface area contributed by atoms with Crippen molar-refractivity contribution in [1.82, 2.24) is 14.9 Å². The fourth-order valence-electron chi connectivity index (χ4n) is 3.25. The Kier molecular flexibility index (Phi) is 5.86. The zero-order chi connectivity index (χ0) is 21.8. The van der Waals surface area contributed by atoms with E-state index >= 15 is 0 Å². The number of hydrogen-bond donors (Lipinski definition) is 3. The number of imidazole rings is 1. The van der Waals surface area contributed by atoms with Crippen LogP contribution in [0.1, 0.15) is 21.5 Å². The van der Waals surface area contributed by atoms with Gasteiger partial charge in [0.25, 0.3) is 5.91 Å². The molecule has 0 atom stereocenters. The average Bonchev–Trinajstić information content (AvgIpc) is 3.09. The second-order valence-electron chi connectivity index (χ2n) is 7.01. The summed E-state index contributed by atoms with van der Waals surface area (Å²) in [5.41, 5.74) is 9.03. The Bertz CT molecular complexity index is 1240. The van der Waals surface area contributed by atoms with Gasteiger partial charge >= 0.3 is 6.03 Å². The Balaban J connectivity index is 1.60. The lowest BCUT2D eigenvalue weighted by molar-refractivity contribution is 0.102. The minimum atomic E-state index is -0.598. The Morgan fingerprint density at radius 3 is 2.42 bits per heavy atom. The number of halogens is 1. The quantitative estimate of drug-likeness (QED) is 0.425. The zero-order valence-electron chi connectivity index (χ0n) is 16.5. The molecule has 0 radical (unpaired) electrons. The van der Waals surface area contributed by atoms with E-state index in [0.29, 0.717) is 29.6 Å². The van der Waals surface area contributed by atoms with E-state index in [0.717, 1.165) is 22.2 Å². The van der Waals surface area contributed by atoms with Crippen LogP contribution in [-0.2, 0) is 13.1 Å². The maximum atomic E-state index is 12.9. The third-order valence-corrected chi connectivity index (χ3v) is 5.04. The number of urea groups is 1. The van der Waals surface area contributed by atoms with Gasteiger partial charge in [0.1, 0.15) is 0 Å². The molecule has 1 aromatic heterocycles. The van der Waals surface area contributed by atoms with Crippen LogP contribution in [0.5, 0.6) is 0 Å². The van der Waals surface area contributed by atoms with Crippen molar-refractivity contribution in [3.8, 4) is 0 Å². The van der Waals surface area contributed by atoms with E-state index in [1.165, 1.54) is 0 Å². The molecule has 4 N–H and O–H groups in total. The SMILES string of the molecule is NC(=O)NCc1ccc(C(=O)Nc2nc3ccc(Cl)cc3n2Cc2ccccc2)cc1. The largest absolute Gasteiger partial charge is 0.352 e. The third kappa shape index (κ3) is 4.84. The topological polar surface area (TPSA) is 102 Å². The number of anilines is 1. The molecule has 0 spiro atoms. The predicted molar refractivity (Wildman–Crippen MR) is 121 cm³/mol. The molecule has 0 aliphatic carbocycles. The Hall–Kier alpha value is -3.84. The first-order valence-corrected chi connectivity index (χ1v) is 10.0. The molecule has 0 saturated heterocycles. The number of aromatic nitrogens is 2. The summed E-state index contributed by atoms with van der Waals surface area (Å²) in [6.07, 6.45) is 0. The minimum Gasteiger partial charge on any atom is -0.352 e. The number of rotatable bonds is 6. The summed E-state index contributed by atoms with van der Waals surface area (Å²) in [5, 5.41) is 6.02. The molecule has 3 aromatic carbocycles. The highest BCUT2D eigenvalue weighted by atomic mass is 35.5. The molecule has 8 heteroatoms. The molecule has 7 nitrogen and oxygen atoms in total. The van der Waals surface area contributed by atoms with Gasteiger partial charge in [-0.1, -0.05) is 54.1 Å². The average molecular weight is 434 g/mol. The highest BCUT2D eigenvalue weighted by molar-refractivity contribution is 6.31. The van der Waals surface area contributed by atoms with Gasteiger partial charge in [0.2, 0.25) is 5.95 Å². The van der Waals surface area contributed by atoms with E-state index < -0.39 is 6.03 Å². The molecule has 0 bridgehead atoms. The molecule has 31 heavy (non-hydrogen) atoms. The summed E-state index contributed by atoms with van der Waals surface area (Å²) < 4.78 is 1.93. The first kappa shape index (κ1) is 20.4. The van der Waals surface area contributed by atoms with Crippen LogP contribution < -0.4 is 16.4 Å². The summed E-state index contributed by atoms with van der Waals surface area (Å²) >= 11 is 6.20. The monoisotopic (exact) mass is 433 g/mol. The molecule has 0 aliphatic heterocycles. The number of carbonyl (C=O) groups is 2. The Morgan fingerprint density at radius 2 is 1.71 bits per heavy atom. The molecule has 0 unspecified atom stereocenters. The number of nitrogens with one attached hydrogen (secondary N) is 2. The van der Waals surface area contributed by atoms with E-state index in [2.05, 4.69) is 15.6 Å². The van der Waals surface area contributed by atoms with Crippen molar-refractivity contribution in [2.75, 3.05) is 5.32 Å². The number of nitrogens with two attached hydrogens (primary N) is 1. The lowest BCUT2D eigenvalue weighted by Gasteiger charge is -2.11. The zero-order valence-corrected chi connectivity index (χ0v) is 17.3. The predicted octanol–water partition coefficient (Wildman–Crippen LogP) is 4.16. The van der Waals surface area contributed by atoms with Gasteiger partial charge in [-0.15, -0.1) is 0 Å². The summed E-state index contributed by atoms with van der Waals surface area (Å²) in [7, 11) is 0. The van der Waals surface area contributed by atoms with Gasteiger partial charge in [-0.3, -0.25) is 10.1 Å². The first-order valence-electron chi connectivity index (χ1n) is 9.63. The number of primary amides is 1. The molecule has 0 aliphatic rings. The number of amides is 3. The number of benzene rings is 3. The number of carbonyl (C=O) groups excluding carboxylic acids is 2. The molecule has 4 rings (SSSR count). The van der Waals surface area contributed by atoms with E-state index in [1.54, 1.807) is 30.3 Å². The summed E-state index contributed by atoms with van der Waals surface area (Å²) in [4.78, 5) is 28.3. The molecule has 0 fully saturated rings. The van der Waals surface area contributed by atoms with Crippen molar-refractivity contribution in [3.05, 3.63) is 94.5 Å². The van der Waals surface area contributed by atoms with Crippen molar-refractivity contribution in [2.45, 2.75) is 13.1 Å². The van der Waals surface area contributed by atoms with Crippen LogP contribution in [0.25, 0.3) is 11.0 Å². The van der Waals surface area contributed by atoms with Crippen LogP contribution in [0.15, 0.2) is 72.8 Å². The highest BCUT2D eigenvalue weighted by Crippen LogP contribution is 2.25. The van der Waals surface area contributed by atoms with Crippen LogP contribution in [0.3, 0.4) is 0 Å². The van der Waals surface area contributed by atoms with E-state index in [4.69, 9.17) is 17.3 Å². The second kappa shape index (κ2) is 8.89. The Morgan fingerprint density at radius 1 is 0.968 bits per heavy atom. The number of hydrogen-bond acceptors (Lipinski definition) is 3. The lowest BCUT2D eigenvalue weighted by Crippen LogP contribution is -2.28. The molecule has 0 saturated carbocycles. The fourth-order valence-corrected chi connectivity index (χ4v) is 3.42. The van der Waals surface area contributed by atoms with E-state index in [1.807, 2.05) is 47.0 Å². The van der Waals surface area contributed by atoms with Crippen LogP contribution in [-0.4, -0.2) is 21.5 Å². The fraction of sp³-hybridized carbons (Fsp3) is 0.0870. The summed E-state index contributed by atoms with van der Waals surface area (Å²) in [5.74, 6) is 0.149. The first-order chi connectivity index (χ1) is 15.0. The van der Waals surface area contributed by atoms with Crippen LogP contribution >= 0.6 is 11.6 Å². The Labute approximate surface area is 183 Å². The smallest absolute Gasteiger partial charge is 0.312 e. The van der Waals surface area contributed by atoms with Crippen molar-refractivity contribution >= 4 is 40.5 Å². The van der Waals surface area contributed by atoms with Gasteiger partial charge in [-0.05, 0) is 41.5 Å². The van der Waals surface area contributed by atoms with Crippen LogP contribution in [0.2, 0.25) is 5.02 Å². The summed E-state index contributed by atoms with van der Waals surface area (Å²) in [6, 6.07) is 21.7. The molecular formula is C23H20ClN5O2. The molecule has 4 aromatic rings. The molecule has 3 amide bonds. The molecular weight excluding hydrogens is 414 g/mol. The standard InChI is InChI=1S/C23H20ClN5O2/c24-18-10-11-19-20(12-18)29(14-16-4-2-1-3-5-16)23(27-19)28-21(30)17-8-6-15(7-9-17)13-26-22(25)31/h1-12H,13-14H2,(H3,25,26,31)(H,27,28,30).